The number of carbonyl (C=O) groups is 1. The van der Waals surface area contributed by atoms with Crippen molar-refractivity contribution >= 4 is 5.78 Å². The second-order valence-corrected chi connectivity index (χ2v) is 3.31. The van der Waals surface area contributed by atoms with Gasteiger partial charge in [-0.15, -0.1) is 6.58 Å². The van der Waals surface area contributed by atoms with Crippen LogP contribution >= 0.6 is 0 Å². The molecule has 0 radical (unpaired) electrons. The van der Waals surface area contributed by atoms with Crippen LogP contribution in [0.2, 0.25) is 0 Å². The fourth-order valence-electron chi connectivity index (χ4n) is 1.24. The van der Waals surface area contributed by atoms with E-state index in [0.717, 1.165) is 6.08 Å². The predicted molar refractivity (Wildman–Crippen MR) is 55.2 cm³/mol. The van der Waals surface area contributed by atoms with Crippen molar-refractivity contribution in [3.63, 3.8) is 0 Å². The molecule has 1 nitrogen and oxygen atoms in total. The maximum atomic E-state index is 13.1. The van der Waals surface area contributed by atoms with Gasteiger partial charge in [0.2, 0.25) is 0 Å². The number of Topliss-reactive ketones (excluding diaryl/α,β-unsaturated/α-hetero) is 1. The minimum atomic E-state index is -2.99. The average Bonchev–Trinajstić information content (AvgIpc) is 2.18. The molecule has 80 valence electrons. The Morgan fingerprint density at radius 1 is 1.33 bits per heavy atom. The first-order valence-electron chi connectivity index (χ1n) is 4.62. The molecule has 0 aliphatic rings. The zero-order chi connectivity index (χ0) is 11.3. The Hall–Kier alpha value is -1.51. The van der Waals surface area contributed by atoms with E-state index < -0.39 is 24.5 Å². The molecule has 0 fully saturated rings. The highest BCUT2D eigenvalue weighted by Gasteiger charge is 2.30. The van der Waals surface area contributed by atoms with Gasteiger partial charge in [-0.05, 0) is 0 Å². The first kappa shape index (κ1) is 11.6. The Morgan fingerprint density at radius 3 is 2.47 bits per heavy atom. The standard InChI is InChI=1S/C12H12F2O/c1-2-8-12(13,14)9-11(15)10-6-4-3-5-7-10/h2-7H,1,8-9H2. The summed E-state index contributed by atoms with van der Waals surface area (Å²) in [5.74, 6) is -3.53. The Kier molecular flexibility index (Phi) is 3.72. The molecule has 1 aromatic rings. The van der Waals surface area contributed by atoms with Crippen LogP contribution in [0.15, 0.2) is 43.0 Å². The first-order valence-corrected chi connectivity index (χ1v) is 4.62. The van der Waals surface area contributed by atoms with Crippen LogP contribution in [0.4, 0.5) is 8.78 Å². The van der Waals surface area contributed by atoms with E-state index in [1.165, 1.54) is 12.1 Å². The smallest absolute Gasteiger partial charge is 0.258 e. The monoisotopic (exact) mass is 210 g/mol. The molecule has 0 aromatic heterocycles. The predicted octanol–water partition coefficient (Wildman–Crippen LogP) is 3.47. The van der Waals surface area contributed by atoms with E-state index in [2.05, 4.69) is 6.58 Å². The van der Waals surface area contributed by atoms with Crippen molar-refractivity contribution in [3.05, 3.63) is 48.6 Å². The van der Waals surface area contributed by atoms with Gasteiger partial charge in [0.15, 0.2) is 5.78 Å². The average molecular weight is 210 g/mol. The third kappa shape index (κ3) is 3.62. The van der Waals surface area contributed by atoms with E-state index in [1.54, 1.807) is 18.2 Å². The molecule has 0 bridgehead atoms. The van der Waals surface area contributed by atoms with Crippen molar-refractivity contribution in [2.24, 2.45) is 0 Å². The molecule has 1 rings (SSSR count). The summed E-state index contributed by atoms with van der Waals surface area (Å²) in [7, 11) is 0. The summed E-state index contributed by atoms with van der Waals surface area (Å²) >= 11 is 0. The quantitative estimate of drug-likeness (QED) is 0.537. The molecule has 0 amide bonds. The molecule has 0 saturated carbocycles. The van der Waals surface area contributed by atoms with Crippen LogP contribution < -0.4 is 0 Å². The molecule has 0 unspecified atom stereocenters. The van der Waals surface area contributed by atoms with E-state index in [1.807, 2.05) is 0 Å². The molecular weight excluding hydrogens is 198 g/mol. The second-order valence-electron chi connectivity index (χ2n) is 3.31. The molecular formula is C12H12F2O. The van der Waals surface area contributed by atoms with Crippen molar-refractivity contribution in [1.29, 1.82) is 0 Å². The number of benzene rings is 1. The van der Waals surface area contributed by atoms with Crippen molar-refractivity contribution in [2.45, 2.75) is 18.8 Å². The van der Waals surface area contributed by atoms with Gasteiger partial charge >= 0.3 is 0 Å². The lowest BCUT2D eigenvalue weighted by Gasteiger charge is -2.12. The van der Waals surface area contributed by atoms with E-state index >= 15 is 0 Å². The number of ketones is 1. The minimum Gasteiger partial charge on any atom is -0.294 e. The molecule has 0 N–H and O–H groups in total. The van der Waals surface area contributed by atoms with Gasteiger partial charge in [-0.2, -0.15) is 0 Å². The van der Waals surface area contributed by atoms with Crippen molar-refractivity contribution in [1.82, 2.24) is 0 Å². The molecule has 15 heavy (non-hydrogen) atoms. The molecule has 0 aliphatic heterocycles. The van der Waals surface area contributed by atoms with Crippen LogP contribution in [-0.4, -0.2) is 11.7 Å². The van der Waals surface area contributed by atoms with Crippen LogP contribution in [0.25, 0.3) is 0 Å². The lowest BCUT2D eigenvalue weighted by Crippen LogP contribution is -2.20. The maximum Gasteiger partial charge on any atom is 0.258 e. The van der Waals surface area contributed by atoms with Gasteiger partial charge in [-0.25, -0.2) is 8.78 Å². The zero-order valence-corrected chi connectivity index (χ0v) is 8.25. The van der Waals surface area contributed by atoms with Gasteiger partial charge in [0.05, 0.1) is 6.42 Å². The van der Waals surface area contributed by atoms with Crippen molar-refractivity contribution < 1.29 is 13.6 Å². The van der Waals surface area contributed by atoms with Gasteiger partial charge in [0.25, 0.3) is 5.92 Å². The van der Waals surface area contributed by atoms with Crippen LogP contribution in [0.1, 0.15) is 23.2 Å². The number of hydrogen-bond acceptors (Lipinski definition) is 1. The molecule has 0 spiro atoms. The molecule has 0 saturated heterocycles. The van der Waals surface area contributed by atoms with Crippen molar-refractivity contribution in [2.75, 3.05) is 0 Å². The van der Waals surface area contributed by atoms with E-state index in [0.29, 0.717) is 5.56 Å². The van der Waals surface area contributed by atoms with Crippen LogP contribution in [0.5, 0.6) is 0 Å². The van der Waals surface area contributed by atoms with Gasteiger partial charge < -0.3 is 0 Å². The summed E-state index contributed by atoms with van der Waals surface area (Å²) in [5.41, 5.74) is 0.321. The van der Waals surface area contributed by atoms with E-state index in [-0.39, 0.29) is 0 Å². The van der Waals surface area contributed by atoms with Crippen LogP contribution in [-0.2, 0) is 0 Å². The molecule has 0 heterocycles. The SMILES string of the molecule is C=CCC(F)(F)CC(=O)c1ccccc1. The fraction of sp³-hybridized carbons (Fsp3) is 0.250. The van der Waals surface area contributed by atoms with Crippen molar-refractivity contribution in [3.8, 4) is 0 Å². The molecule has 3 heteroatoms. The largest absolute Gasteiger partial charge is 0.294 e. The third-order valence-corrected chi connectivity index (χ3v) is 1.96. The summed E-state index contributed by atoms with van der Waals surface area (Å²) in [6.45, 7) is 3.23. The first-order chi connectivity index (χ1) is 7.05. The highest BCUT2D eigenvalue weighted by atomic mass is 19.3. The fourth-order valence-corrected chi connectivity index (χ4v) is 1.24. The Labute approximate surface area is 87.4 Å². The number of alkyl halides is 2. The summed E-state index contributed by atoms with van der Waals surface area (Å²) in [5, 5.41) is 0. The maximum absolute atomic E-state index is 13.1. The van der Waals surface area contributed by atoms with Crippen LogP contribution in [0.3, 0.4) is 0 Å². The molecule has 0 atom stereocenters. The van der Waals surface area contributed by atoms with Gasteiger partial charge in [-0.3, -0.25) is 4.79 Å². The Morgan fingerprint density at radius 2 is 1.93 bits per heavy atom. The zero-order valence-electron chi connectivity index (χ0n) is 8.25. The number of hydrogen-bond donors (Lipinski definition) is 0. The van der Waals surface area contributed by atoms with E-state index in [4.69, 9.17) is 0 Å². The summed E-state index contributed by atoms with van der Waals surface area (Å²) in [6.07, 6.45) is -0.104. The highest BCUT2D eigenvalue weighted by Crippen LogP contribution is 2.25. The molecule has 1 aromatic carbocycles. The second kappa shape index (κ2) is 4.82. The lowest BCUT2D eigenvalue weighted by molar-refractivity contribution is 0.000369. The van der Waals surface area contributed by atoms with Gasteiger partial charge in [-0.1, -0.05) is 36.4 Å². The Balaban J connectivity index is 2.68. The van der Waals surface area contributed by atoms with Gasteiger partial charge in [0.1, 0.15) is 0 Å². The minimum absolute atomic E-state index is 0.321. The normalized spacial score (nSPS) is 11.1. The number of allylic oxidation sites excluding steroid dienone is 1. The van der Waals surface area contributed by atoms with E-state index in [9.17, 15) is 13.6 Å². The third-order valence-electron chi connectivity index (χ3n) is 1.96. The number of halogens is 2. The molecule has 0 aliphatic carbocycles. The van der Waals surface area contributed by atoms with Crippen LogP contribution in [0, 0.1) is 0 Å². The van der Waals surface area contributed by atoms with Gasteiger partial charge in [0, 0.05) is 12.0 Å². The Bertz CT molecular complexity index is 344. The summed E-state index contributed by atoms with van der Waals surface area (Å²) in [4.78, 5) is 11.4. The number of carbonyl (C=O) groups excluding carboxylic acids is 1. The topological polar surface area (TPSA) is 17.1 Å². The highest BCUT2D eigenvalue weighted by molar-refractivity contribution is 5.96. The summed E-state index contributed by atoms with van der Waals surface area (Å²) < 4.78 is 26.1. The summed E-state index contributed by atoms with van der Waals surface area (Å²) in [6, 6.07) is 8.11. The number of rotatable bonds is 5. The lowest BCUT2D eigenvalue weighted by atomic mass is 10.0.